The number of aliphatic carboxylic acids is 2. The Bertz CT molecular complexity index is 857. The number of aliphatic hydroxyl groups excluding tert-OH is 1. The number of aromatic nitrogens is 2. The number of nitrogens with two attached hydrogens (primary N) is 1. The fourth-order valence-corrected chi connectivity index (χ4v) is 2.89. The number of carboxylic acid groups (broad SMARTS) is 2. The summed E-state index contributed by atoms with van der Waals surface area (Å²) in [5, 5.41) is 34.8. The molecule has 1 aromatic heterocycles. The van der Waals surface area contributed by atoms with Crippen molar-refractivity contribution in [1.29, 1.82) is 0 Å². The summed E-state index contributed by atoms with van der Waals surface area (Å²) in [5.41, 5.74) is 6.07. The number of rotatable bonds is 14. The second kappa shape index (κ2) is 13.3. The minimum absolute atomic E-state index is 0.0885. The molecule has 5 atom stereocenters. The predicted octanol–water partition coefficient (Wildman–Crippen LogP) is -2.28. The second-order valence-electron chi connectivity index (χ2n) is 8.17. The lowest BCUT2D eigenvalue weighted by molar-refractivity contribution is -0.143. The maximum atomic E-state index is 13.0. The summed E-state index contributed by atoms with van der Waals surface area (Å²) in [4.78, 5) is 66.9. The van der Waals surface area contributed by atoms with E-state index in [9.17, 15) is 34.2 Å². The van der Waals surface area contributed by atoms with Gasteiger partial charge in [-0.15, -0.1) is 0 Å². The molecule has 190 valence electrons. The lowest BCUT2D eigenvalue weighted by atomic mass is 10.0. The zero-order valence-electron chi connectivity index (χ0n) is 19.1. The minimum Gasteiger partial charge on any atom is -0.481 e. The van der Waals surface area contributed by atoms with Gasteiger partial charge in [-0.3, -0.25) is 19.2 Å². The average Bonchev–Trinajstić information content (AvgIpc) is 3.25. The molecule has 5 unspecified atom stereocenters. The minimum atomic E-state index is -1.49. The quantitative estimate of drug-likeness (QED) is 0.141. The van der Waals surface area contributed by atoms with Crippen molar-refractivity contribution < 1.29 is 39.3 Å². The molecule has 0 fully saturated rings. The molecule has 0 saturated carbocycles. The van der Waals surface area contributed by atoms with Gasteiger partial charge in [-0.05, 0) is 19.3 Å². The highest BCUT2D eigenvalue weighted by Crippen LogP contribution is 2.07. The molecule has 14 heteroatoms. The molecule has 0 saturated heterocycles. The number of amides is 3. The van der Waals surface area contributed by atoms with Gasteiger partial charge in [0.15, 0.2) is 0 Å². The third kappa shape index (κ3) is 9.15. The monoisotopic (exact) mass is 484 g/mol. The van der Waals surface area contributed by atoms with E-state index in [2.05, 4.69) is 25.9 Å². The summed E-state index contributed by atoms with van der Waals surface area (Å²) in [6.45, 7) is 4.62. The molecule has 0 aliphatic carbocycles. The number of aliphatic hydroxyl groups is 1. The SMILES string of the molecule is CC(C)C(NC(=O)C(N)C(C)O)C(=O)NC(Cc1cnc[nH]1)C(=O)NC(CCC(=O)O)C(=O)O. The van der Waals surface area contributed by atoms with Crippen LogP contribution >= 0.6 is 0 Å². The van der Waals surface area contributed by atoms with Gasteiger partial charge in [0.1, 0.15) is 24.2 Å². The lowest BCUT2D eigenvalue weighted by Gasteiger charge is -2.27. The Morgan fingerprint density at radius 3 is 2.09 bits per heavy atom. The molecule has 34 heavy (non-hydrogen) atoms. The molecule has 1 heterocycles. The summed E-state index contributed by atoms with van der Waals surface area (Å²) >= 11 is 0. The number of carbonyl (C=O) groups excluding carboxylic acids is 3. The maximum absolute atomic E-state index is 13.0. The third-order valence-corrected chi connectivity index (χ3v) is 4.94. The normalized spacial score (nSPS) is 15.5. The van der Waals surface area contributed by atoms with Crippen molar-refractivity contribution in [2.75, 3.05) is 0 Å². The molecular formula is C20H32N6O8. The second-order valence-corrected chi connectivity index (χ2v) is 8.17. The fraction of sp³-hybridized carbons (Fsp3) is 0.600. The van der Waals surface area contributed by atoms with E-state index >= 15 is 0 Å². The Morgan fingerprint density at radius 1 is 1.00 bits per heavy atom. The van der Waals surface area contributed by atoms with E-state index in [-0.39, 0.29) is 12.8 Å². The molecule has 1 rings (SSSR count). The smallest absolute Gasteiger partial charge is 0.326 e. The standard InChI is InChI=1S/C20H32N6O8/c1-9(2)16(26-18(31)15(21)10(3)27)19(32)25-13(6-11-7-22-8-23-11)17(30)24-12(20(33)34)4-5-14(28)29/h7-10,12-13,15-16,27H,4-6,21H2,1-3H3,(H,22,23)(H,24,30)(H,25,32)(H,26,31)(H,28,29)(H,33,34). The van der Waals surface area contributed by atoms with Crippen molar-refractivity contribution in [3.05, 3.63) is 18.2 Å². The first-order chi connectivity index (χ1) is 15.8. The number of nitrogens with one attached hydrogen (secondary N) is 4. The van der Waals surface area contributed by atoms with E-state index < -0.39 is 72.3 Å². The molecule has 0 spiro atoms. The molecule has 9 N–H and O–H groups in total. The van der Waals surface area contributed by atoms with Crippen LogP contribution in [0.4, 0.5) is 0 Å². The van der Waals surface area contributed by atoms with Crippen molar-refractivity contribution in [2.24, 2.45) is 11.7 Å². The van der Waals surface area contributed by atoms with Crippen LogP contribution in [0.1, 0.15) is 39.3 Å². The number of H-pyrrole nitrogens is 1. The fourth-order valence-electron chi connectivity index (χ4n) is 2.89. The van der Waals surface area contributed by atoms with E-state index in [1.807, 2.05) is 0 Å². The summed E-state index contributed by atoms with van der Waals surface area (Å²) in [6, 6.07) is -5.15. The van der Waals surface area contributed by atoms with Crippen molar-refractivity contribution in [1.82, 2.24) is 25.9 Å². The highest BCUT2D eigenvalue weighted by atomic mass is 16.4. The molecular weight excluding hydrogens is 452 g/mol. The van der Waals surface area contributed by atoms with E-state index in [0.717, 1.165) is 0 Å². The van der Waals surface area contributed by atoms with E-state index in [4.69, 9.17) is 10.8 Å². The molecule has 14 nitrogen and oxygen atoms in total. The van der Waals surface area contributed by atoms with Gasteiger partial charge >= 0.3 is 11.9 Å². The molecule has 1 aromatic rings. The van der Waals surface area contributed by atoms with Crippen molar-refractivity contribution in [3.8, 4) is 0 Å². The number of nitrogens with zero attached hydrogens (tertiary/aromatic N) is 1. The number of aromatic amines is 1. The van der Waals surface area contributed by atoms with Crippen molar-refractivity contribution in [3.63, 3.8) is 0 Å². The highest BCUT2D eigenvalue weighted by molar-refractivity contribution is 5.94. The average molecular weight is 485 g/mol. The van der Waals surface area contributed by atoms with Crippen LogP contribution in [0.3, 0.4) is 0 Å². The van der Waals surface area contributed by atoms with Crippen LogP contribution in [-0.2, 0) is 30.4 Å². The van der Waals surface area contributed by atoms with Crippen LogP contribution in [0.2, 0.25) is 0 Å². The lowest BCUT2D eigenvalue weighted by Crippen LogP contribution is -2.59. The molecule has 3 amide bonds. The summed E-state index contributed by atoms with van der Waals surface area (Å²) in [7, 11) is 0. The number of carbonyl (C=O) groups is 5. The number of hydrogen-bond acceptors (Lipinski definition) is 8. The van der Waals surface area contributed by atoms with Gasteiger partial charge in [-0.1, -0.05) is 13.8 Å². The van der Waals surface area contributed by atoms with E-state index in [1.54, 1.807) is 13.8 Å². The van der Waals surface area contributed by atoms with Crippen molar-refractivity contribution >= 4 is 29.7 Å². The Kier molecular flexibility index (Phi) is 11.1. The molecule has 0 aliphatic rings. The number of hydrogen-bond donors (Lipinski definition) is 8. The van der Waals surface area contributed by atoms with Crippen LogP contribution in [-0.4, -0.2) is 85.2 Å². The van der Waals surface area contributed by atoms with Gasteiger partial charge < -0.3 is 42.0 Å². The summed E-state index contributed by atoms with van der Waals surface area (Å²) in [5.74, 6) is -5.45. The first-order valence-corrected chi connectivity index (χ1v) is 10.6. The van der Waals surface area contributed by atoms with Gasteiger partial charge in [-0.25, -0.2) is 9.78 Å². The molecule has 0 aromatic carbocycles. The van der Waals surface area contributed by atoms with Crippen LogP contribution < -0.4 is 21.7 Å². The van der Waals surface area contributed by atoms with E-state index in [0.29, 0.717) is 5.69 Å². The Hall–Kier alpha value is -3.52. The Balaban J connectivity index is 3.04. The first kappa shape index (κ1) is 28.5. The Morgan fingerprint density at radius 2 is 1.62 bits per heavy atom. The molecule has 0 aliphatic heterocycles. The van der Waals surface area contributed by atoms with E-state index in [1.165, 1.54) is 19.4 Å². The van der Waals surface area contributed by atoms with Crippen LogP contribution in [0, 0.1) is 5.92 Å². The molecule has 0 radical (unpaired) electrons. The Labute approximate surface area is 195 Å². The van der Waals surface area contributed by atoms with Crippen LogP contribution in [0.15, 0.2) is 12.5 Å². The molecule has 0 bridgehead atoms. The van der Waals surface area contributed by atoms with Gasteiger partial charge in [0.2, 0.25) is 17.7 Å². The third-order valence-electron chi connectivity index (χ3n) is 4.94. The van der Waals surface area contributed by atoms with Crippen molar-refractivity contribution in [2.45, 2.75) is 70.3 Å². The zero-order chi connectivity index (χ0) is 26.0. The van der Waals surface area contributed by atoms with Crippen LogP contribution in [0.5, 0.6) is 0 Å². The maximum Gasteiger partial charge on any atom is 0.326 e. The predicted molar refractivity (Wildman–Crippen MR) is 117 cm³/mol. The van der Waals surface area contributed by atoms with Crippen LogP contribution in [0.25, 0.3) is 0 Å². The largest absolute Gasteiger partial charge is 0.481 e. The van der Waals surface area contributed by atoms with Gasteiger partial charge in [-0.2, -0.15) is 0 Å². The van der Waals surface area contributed by atoms with Gasteiger partial charge in [0.05, 0.1) is 12.4 Å². The number of carboxylic acids is 2. The topological polar surface area (TPSA) is 237 Å². The summed E-state index contributed by atoms with van der Waals surface area (Å²) in [6.07, 6.45) is 0.675. The zero-order valence-corrected chi connectivity index (χ0v) is 19.1. The van der Waals surface area contributed by atoms with Gasteiger partial charge in [0.25, 0.3) is 0 Å². The summed E-state index contributed by atoms with van der Waals surface area (Å²) < 4.78 is 0. The highest BCUT2D eigenvalue weighted by Gasteiger charge is 2.32. The first-order valence-electron chi connectivity index (χ1n) is 10.6. The van der Waals surface area contributed by atoms with Gasteiger partial charge in [0, 0.05) is 24.7 Å². The number of imidazole rings is 1.